The maximum Gasteiger partial charge on any atom is 0.297 e. The van der Waals surface area contributed by atoms with Gasteiger partial charge in [0.05, 0.1) is 5.52 Å². The van der Waals surface area contributed by atoms with Crippen molar-refractivity contribution in [3.63, 3.8) is 0 Å². The van der Waals surface area contributed by atoms with Crippen molar-refractivity contribution in [2.45, 2.75) is 33.4 Å². The highest BCUT2D eigenvalue weighted by molar-refractivity contribution is 5.80. The summed E-state index contributed by atoms with van der Waals surface area (Å²) >= 11 is 0. The Hall–Kier alpha value is -2.81. The predicted octanol–water partition coefficient (Wildman–Crippen LogP) is 0.300. The molecule has 0 aliphatic carbocycles. The van der Waals surface area contributed by atoms with Crippen molar-refractivity contribution >= 4 is 22.7 Å². The van der Waals surface area contributed by atoms with Crippen molar-refractivity contribution < 1.29 is 4.79 Å². The summed E-state index contributed by atoms with van der Waals surface area (Å²) < 4.78 is 3.10. The molecular formula is C18H23N7O2. The van der Waals surface area contributed by atoms with Crippen LogP contribution in [0.15, 0.2) is 23.1 Å². The van der Waals surface area contributed by atoms with E-state index in [2.05, 4.69) is 33.9 Å². The van der Waals surface area contributed by atoms with E-state index >= 15 is 0 Å². The van der Waals surface area contributed by atoms with Crippen LogP contribution in [-0.4, -0.2) is 72.1 Å². The first-order valence-corrected chi connectivity index (χ1v) is 9.18. The maximum atomic E-state index is 12.9. The van der Waals surface area contributed by atoms with Crippen LogP contribution in [0.2, 0.25) is 0 Å². The van der Waals surface area contributed by atoms with Gasteiger partial charge >= 0.3 is 0 Å². The van der Waals surface area contributed by atoms with Gasteiger partial charge in [-0.25, -0.2) is 4.98 Å². The summed E-state index contributed by atoms with van der Waals surface area (Å²) in [6.07, 6.45) is 1.66. The van der Waals surface area contributed by atoms with Crippen LogP contribution in [0.25, 0.3) is 16.8 Å². The highest BCUT2D eigenvalue weighted by Crippen LogP contribution is 2.13. The molecular weight excluding hydrogens is 346 g/mol. The van der Waals surface area contributed by atoms with E-state index < -0.39 is 0 Å². The van der Waals surface area contributed by atoms with Gasteiger partial charge in [-0.05, 0) is 32.9 Å². The molecule has 0 unspecified atom stereocenters. The lowest BCUT2D eigenvalue weighted by Gasteiger charge is -2.37. The Labute approximate surface area is 156 Å². The molecule has 0 radical (unpaired) electrons. The Balaban J connectivity index is 1.69. The summed E-state index contributed by atoms with van der Waals surface area (Å²) in [7, 11) is 0. The minimum absolute atomic E-state index is 0.0227. The third-order valence-corrected chi connectivity index (χ3v) is 5.22. The van der Waals surface area contributed by atoms with Crippen LogP contribution in [0.3, 0.4) is 0 Å². The molecule has 1 saturated heterocycles. The Morgan fingerprint density at radius 1 is 1.15 bits per heavy atom. The minimum Gasteiger partial charge on any atom is -0.339 e. The Morgan fingerprint density at radius 3 is 2.59 bits per heavy atom. The predicted molar refractivity (Wildman–Crippen MR) is 101 cm³/mol. The summed E-state index contributed by atoms with van der Waals surface area (Å²) in [5, 5.41) is 7.99. The summed E-state index contributed by atoms with van der Waals surface area (Å²) in [5.74, 6) is 0.528. The minimum atomic E-state index is -0.328. The number of nitrogens with zero attached hydrogens (tertiary/aromatic N) is 7. The molecule has 9 nitrogen and oxygen atoms in total. The molecule has 0 bridgehead atoms. The zero-order valence-electron chi connectivity index (χ0n) is 15.8. The molecule has 9 heteroatoms. The van der Waals surface area contributed by atoms with Gasteiger partial charge < -0.3 is 4.90 Å². The summed E-state index contributed by atoms with van der Waals surface area (Å²) in [6, 6.07) is 4.03. The van der Waals surface area contributed by atoms with Crippen LogP contribution in [0.1, 0.15) is 19.7 Å². The van der Waals surface area contributed by atoms with Crippen LogP contribution < -0.4 is 5.56 Å². The molecule has 0 atom stereocenters. The molecule has 4 heterocycles. The van der Waals surface area contributed by atoms with Gasteiger partial charge in [0.15, 0.2) is 5.65 Å². The molecule has 0 saturated carbocycles. The average molecular weight is 369 g/mol. The molecule has 0 N–H and O–H groups in total. The monoisotopic (exact) mass is 369 g/mol. The number of aryl methyl sites for hydroxylation is 1. The van der Waals surface area contributed by atoms with Gasteiger partial charge in [-0.2, -0.15) is 0 Å². The van der Waals surface area contributed by atoms with Crippen molar-refractivity contribution in [1.29, 1.82) is 0 Å². The van der Waals surface area contributed by atoms with Crippen LogP contribution >= 0.6 is 0 Å². The molecule has 1 aliphatic rings. The Morgan fingerprint density at radius 2 is 1.89 bits per heavy atom. The van der Waals surface area contributed by atoms with E-state index in [4.69, 9.17) is 0 Å². The molecule has 3 aromatic rings. The number of carbonyl (C=O) groups is 1. The lowest BCUT2D eigenvalue weighted by molar-refractivity contribution is -0.133. The first-order valence-electron chi connectivity index (χ1n) is 9.18. The highest BCUT2D eigenvalue weighted by Gasteiger charge is 2.24. The first kappa shape index (κ1) is 17.6. The lowest BCUT2D eigenvalue weighted by Crippen LogP contribution is -2.51. The van der Waals surface area contributed by atoms with Gasteiger partial charge in [0.25, 0.3) is 5.56 Å². The van der Waals surface area contributed by atoms with E-state index in [0.717, 1.165) is 13.1 Å². The van der Waals surface area contributed by atoms with Gasteiger partial charge in [0, 0.05) is 38.4 Å². The third kappa shape index (κ3) is 2.97. The normalized spacial score (nSPS) is 15.9. The van der Waals surface area contributed by atoms with Gasteiger partial charge in [-0.15, -0.1) is 10.2 Å². The molecule has 27 heavy (non-hydrogen) atoms. The van der Waals surface area contributed by atoms with E-state index in [1.54, 1.807) is 29.7 Å². The van der Waals surface area contributed by atoms with Crippen molar-refractivity contribution in [2.75, 3.05) is 26.2 Å². The molecule has 3 aromatic heterocycles. The maximum absolute atomic E-state index is 12.9. The number of hydrogen-bond acceptors (Lipinski definition) is 6. The standard InChI is InChI=1S/C18H23N7O2/c1-12(2)22-7-9-23(10-8-22)15(26)11-24-14-5-4-6-19-16(14)25-13(3)20-21-17(25)18(24)27/h4-6,12H,7-11H2,1-3H3. The number of fused-ring (bicyclic) bond motifs is 3. The number of rotatable bonds is 3. The summed E-state index contributed by atoms with van der Waals surface area (Å²) in [4.78, 5) is 34.4. The number of pyridine rings is 1. The van der Waals surface area contributed by atoms with E-state index in [9.17, 15) is 9.59 Å². The second-order valence-corrected chi connectivity index (χ2v) is 7.15. The SMILES string of the molecule is Cc1nnc2c(=O)n(CC(=O)N3CCN(C(C)C)CC3)c3cccnc3n12. The van der Waals surface area contributed by atoms with E-state index in [-0.39, 0.29) is 23.7 Å². The first-order chi connectivity index (χ1) is 13.0. The van der Waals surface area contributed by atoms with Crippen molar-refractivity contribution in [1.82, 2.24) is 33.9 Å². The van der Waals surface area contributed by atoms with Crippen molar-refractivity contribution in [2.24, 2.45) is 0 Å². The van der Waals surface area contributed by atoms with E-state index in [1.807, 2.05) is 4.90 Å². The topological polar surface area (TPSA) is 88.6 Å². The third-order valence-electron chi connectivity index (χ3n) is 5.22. The molecule has 1 fully saturated rings. The number of amides is 1. The van der Waals surface area contributed by atoms with Crippen LogP contribution in [0, 0.1) is 6.92 Å². The number of piperazine rings is 1. The van der Waals surface area contributed by atoms with Gasteiger partial charge in [-0.1, -0.05) is 0 Å². The zero-order valence-corrected chi connectivity index (χ0v) is 15.8. The van der Waals surface area contributed by atoms with E-state index in [0.29, 0.717) is 36.1 Å². The van der Waals surface area contributed by atoms with Gasteiger partial charge in [-0.3, -0.25) is 23.5 Å². The van der Waals surface area contributed by atoms with Crippen LogP contribution in [0.4, 0.5) is 0 Å². The summed E-state index contributed by atoms with van der Waals surface area (Å²) in [6.45, 7) is 9.12. The Bertz CT molecular complexity index is 1060. The fourth-order valence-corrected chi connectivity index (χ4v) is 3.64. The second kappa shape index (κ2) is 6.73. The molecule has 4 rings (SSSR count). The van der Waals surface area contributed by atoms with E-state index in [1.165, 1.54) is 4.57 Å². The molecule has 1 aliphatic heterocycles. The molecule has 142 valence electrons. The van der Waals surface area contributed by atoms with Gasteiger partial charge in [0.1, 0.15) is 12.4 Å². The summed E-state index contributed by atoms with van der Waals surface area (Å²) in [5.41, 5.74) is 1.04. The quantitative estimate of drug-likeness (QED) is 0.660. The van der Waals surface area contributed by atoms with Crippen LogP contribution in [-0.2, 0) is 11.3 Å². The fourth-order valence-electron chi connectivity index (χ4n) is 3.64. The number of hydrogen-bond donors (Lipinski definition) is 0. The lowest BCUT2D eigenvalue weighted by atomic mass is 10.2. The smallest absolute Gasteiger partial charge is 0.297 e. The second-order valence-electron chi connectivity index (χ2n) is 7.15. The molecule has 0 spiro atoms. The largest absolute Gasteiger partial charge is 0.339 e. The number of aromatic nitrogens is 5. The Kier molecular flexibility index (Phi) is 4.39. The van der Waals surface area contributed by atoms with Crippen LogP contribution in [0.5, 0.6) is 0 Å². The zero-order chi connectivity index (χ0) is 19.1. The number of carbonyl (C=O) groups excluding carboxylic acids is 1. The molecule has 0 aromatic carbocycles. The fraction of sp³-hybridized carbons (Fsp3) is 0.500. The van der Waals surface area contributed by atoms with Crippen molar-refractivity contribution in [3.05, 3.63) is 34.5 Å². The molecule has 1 amide bonds. The highest BCUT2D eigenvalue weighted by atomic mass is 16.2. The van der Waals surface area contributed by atoms with Gasteiger partial charge in [0.2, 0.25) is 11.6 Å². The average Bonchev–Trinajstić information content (AvgIpc) is 3.07. The van der Waals surface area contributed by atoms with Crippen molar-refractivity contribution in [3.8, 4) is 0 Å².